The van der Waals surface area contributed by atoms with Crippen LogP contribution in [0.2, 0.25) is 0 Å². The third-order valence-corrected chi connectivity index (χ3v) is 4.75. The van der Waals surface area contributed by atoms with Gasteiger partial charge in [-0.2, -0.15) is 0 Å². The van der Waals surface area contributed by atoms with E-state index in [0.717, 1.165) is 11.9 Å². The van der Waals surface area contributed by atoms with Crippen LogP contribution >= 0.6 is 0 Å². The van der Waals surface area contributed by atoms with Crippen molar-refractivity contribution in [2.24, 2.45) is 0 Å². The third-order valence-electron chi connectivity index (χ3n) is 4.75. The lowest BCUT2D eigenvalue weighted by molar-refractivity contribution is -0.00987. The zero-order valence-electron chi connectivity index (χ0n) is 12.7. The molecule has 1 aromatic rings. The van der Waals surface area contributed by atoms with Gasteiger partial charge >= 0.3 is 7.12 Å². The van der Waals surface area contributed by atoms with Crippen molar-refractivity contribution in [2.75, 3.05) is 13.2 Å². The summed E-state index contributed by atoms with van der Waals surface area (Å²) in [6.45, 7) is 5.72. The Morgan fingerprint density at radius 3 is 2.86 bits per heavy atom. The van der Waals surface area contributed by atoms with Crippen molar-refractivity contribution in [3.05, 3.63) is 41.0 Å². The van der Waals surface area contributed by atoms with E-state index in [-0.39, 0.29) is 18.8 Å². The van der Waals surface area contributed by atoms with Crippen LogP contribution in [0.5, 0.6) is 0 Å². The van der Waals surface area contributed by atoms with E-state index in [9.17, 15) is 0 Å². The van der Waals surface area contributed by atoms with Gasteiger partial charge in [0.1, 0.15) is 11.7 Å². The van der Waals surface area contributed by atoms with E-state index >= 15 is 0 Å². The summed E-state index contributed by atoms with van der Waals surface area (Å²) in [5.41, 5.74) is 4.82. The number of ether oxygens (including phenoxy) is 1. The van der Waals surface area contributed by atoms with Gasteiger partial charge in [-0.15, -0.1) is 0 Å². The lowest BCUT2D eigenvalue weighted by Crippen LogP contribution is -2.36. The van der Waals surface area contributed by atoms with Gasteiger partial charge in [-0.3, -0.25) is 0 Å². The second-order valence-corrected chi connectivity index (χ2v) is 6.28. The van der Waals surface area contributed by atoms with Gasteiger partial charge in [0.25, 0.3) is 0 Å². The highest BCUT2D eigenvalue weighted by Crippen LogP contribution is 2.52. The molecule has 21 heavy (non-hydrogen) atoms. The van der Waals surface area contributed by atoms with E-state index in [1.54, 1.807) is 0 Å². The molecule has 4 heteroatoms. The molecular weight excluding hydrogens is 263 g/mol. The molecule has 4 rings (SSSR count). The summed E-state index contributed by atoms with van der Waals surface area (Å²) in [7, 11) is -0.224. The normalized spacial score (nSPS) is 29.4. The summed E-state index contributed by atoms with van der Waals surface area (Å²) in [5, 5.41) is 0. The second-order valence-electron chi connectivity index (χ2n) is 6.28. The molecule has 110 valence electrons. The molecule has 0 saturated carbocycles. The van der Waals surface area contributed by atoms with Gasteiger partial charge in [0, 0.05) is 0 Å². The van der Waals surface area contributed by atoms with Crippen LogP contribution in [0, 0.1) is 6.92 Å². The van der Waals surface area contributed by atoms with E-state index in [1.165, 1.54) is 29.5 Å². The molecule has 3 aliphatic heterocycles. The van der Waals surface area contributed by atoms with Crippen LogP contribution < -0.4 is 5.46 Å². The van der Waals surface area contributed by atoms with Crippen molar-refractivity contribution in [3.8, 4) is 0 Å². The molecule has 3 aliphatic rings. The fraction of sp³-hybridized carbons (Fsp3) is 0.529. The lowest BCUT2D eigenvalue weighted by Gasteiger charge is -2.25. The standard InChI is InChI=1S/C17H21BO3/c1-3-4-6-17-7-5-15(21-17)16-13(17)10-12(2)11-14(16)18-19-8-9-20-18/h5,7,10-11,15H,3-4,6,8-9H2,1-2H3. The van der Waals surface area contributed by atoms with Crippen molar-refractivity contribution in [1.82, 2.24) is 0 Å². The van der Waals surface area contributed by atoms with Crippen molar-refractivity contribution in [3.63, 3.8) is 0 Å². The number of rotatable bonds is 4. The molecule has 1 fully saturated rings. The molecule has 3 heterocycles. The van der Waals surface area contributed by atoms with Crippen LogP contribution in [0.4, 0.5) is 0 Å². The maximum Gasteiger partial charge on any atom is 0.494 e. The predicted octanol–water partition coefficient (Wildman–Crippen LogP) is 2.76. The number of fused-ring (bicyclic) bond motifs is 5. The molecule has 1 saturated heterocycles. The summed E-state index contributed by atoms with van der Waals surface area (Å²) in [6, 6.07) is 4.48. The molecule has 0 N–H and O–H groups in total. The Morgan fingerprint density at radius 1 is 1.29 bits per heavy atom. The van der Waals surface area contributed by atoms with Gasteiger partial charge in [0.05, 0.1) is 13.2 Å². The SMILES string of the molecule is CCCCC12C=CC(O1)c1c(B3OCCO3)cc(C)cc12. The Balaban J connectivity index is 1.80. The fourth-order valence-corrected chi connectivity index (χ4v) is 3.80. The quantitative estimate of drug-likeness (QED) is 0.628. The summed E-state index contributed by atoms with van der Waals surface area (Å²) < 4.78 is 17.8. The zero-order valence-corrected chi connectivity index (χ0v) is 12.7. The van der Waals surface area contributed by atoms with E-state index in [4.69, 9.17) is 14.0 Å². The smallest absolute Gasteiger partial charge is 0.405 e. The number of hydrogen-bond donors (Lipinski definition) is 0. The summed E-state index contributed by atoms with van der Waals surface area (Å²) in [4.78, 5) is 0. The van der Waals surface area contributed by atoms with Gasteiger partial charge in [-0.05, 0) is 36.0 Å². The van der Waals surface area contributed by atoms with Crippen LogP contribution in [-0.2, 0) is 19.6 Å². The van der Waals surface area contributed by atoms with Gasteiger partial charge < -0.3 is 14.0 Å². The second kappa shape index (κ2) is 4.97. The number of aryl methyl sites for hydroxylation is 1. The Labute approximate surface area is 126 Å². The highest BCUT2D eigenvalue weighted by molar-refractivity contribution is 6.62. The fourth-order valence-electron chi connectivity index (χ4n) is 3.80. The van der Waals surface area contributed by atoms with Crippen LogP contribution in [0.3, 0.4) is 0 Å². The van der Waals surface area contributed by atoms with E-state index in [0.29, 0.717) is 13.2 Å². The Hall–Kier alpha value is -1.10. The Kier molecular flexibility index (Phi) is 3.21. The number of benzene rings is 1. The van der Waals surface area contributed by atoms with Crippen LogP contribution in [-0.4, -0.2) is 20.3 Å². The molecule has 2 atom stereocenters. The molecule has 0 radical (unpaired) electrons. The maximum atomic E-state index is 6.37. The summed E-state index contributed by atoms with van der Waals surface area (Å²) in [5.74, 6) is 0. The van der Waals surface area contributed by atoms with Crippen LogP contribution in [0.15, 0.2) is 24.3 Å². The first kappa shape index (κ1) is 13.6. The first-order valence-electron chi connectivity index (χ1n) is 7.99. The van der Waals surface area contributed by atoms with Gasteiger partial charge in [-0.1, -0.05) is 43.5 Å². The molecule has 2 bridgehead atoms. The minimum atomic E-state index is -0.224. The molecule has 0 aromatic heterocycles. The van der Waals surface area contributed by atoms with E-state index < -0.39 is 0 Å². The summed E-state index contributed by atoms with van der Waals surface area (Å²) >= 11 is 0. The van der Waals surface area contributed by atoms with Crippen LogP contribution in [0.25, 0.3) is 0 Å². The Bertz CT molecular complexity index is 592. The monoisotopic (exact) mass is 284 g/mol. The van der Waals surface area contributed by atoms with Gasteiger partial charge in [0.15, 0.2) is 0 Å². The van der Waals surface area contributed by atoms with Crippen molar-refractivity contribution >= 4 is 12.6 Å². The topological polar surface area (TPSA) is 27.7 Å². The highest BCUT2D eigenvalue weighted by Gasteiger charge is 2.49. The molecule has 3 nitrogen and oxygen atoms in total. The molecule has 2 unspecified atom stereocenters. The number of unbranched alkanes of at least 4 members (excludes halogenated alkanes) is 1. The van der Waals surface area contributed by atoms with Crippen molar-refractivity contribution in [1.29, 1.82) is 0 Å². The minimum Gasteiger partial charge on any atom is -0.405 e. The maximum absolute atomic E-state index is 6.37. The van der Waals surface area contributed by atoms with E-state index in [2.05, 4.69) is 38.1 Å². The summed E-state index contributed by atoms with van der Waals surface area (Å²) in [6.07, 6.45) is 7.95. The van der Waals surface area contributed by atoms with Crippen molar-refractivity contribution in [2.45, 2.75) is 44.8 Å². The molecule has 1 aromatic carbocycles. The zero-order chi connectivity index (χ0) is 14.4. The average molecular weight is 284 g/mol. The third kappa shape index (κ3) is 2.01. The molecule has 0 spiro atoms. The first-order valence-corrected chi connectivity index (χ1v) is 7.99. The first-order chi connectivity index (χ1) is 10.2. The average Bonchev–Trinajstić information content (AvgIpc) is 3.20. The minimum absolute atomic E-state index is 0.0697. The van der Waals surface area contributed by atoms with Gasteiger partial charge in [0.2, 0.25) is 0 Å². The number of hydrogen-bond acceptors (Lipinski definition) is 3. The van der Waals surface area contributed by atoms with Crippen molar-refractivity contribution < 1.29 is 14.0 Å². The van der Waals surface area contributed by atoms with Crippen LogP contribution in [0.1, 0.15) is 49.0 Å². The molecule has 0 aliphatic carbocycles. The lowest BCUT2D eigenvalue weighted by atomic mass is 9.70. The largest absolute Gasteiger partial charge is 0.494 e. The predicted molar refractivity (Wildman–Crippen MR) is 82.6 cm³/mol. The molecule has 0 amide bonds. The van der Waals surface area contributed by atoms with E-state index in [1.807, 2.05) is 0 Å². The molecular formula is C17H21BO3. The highest BCUT2D eigenvalue weighted by atomic mass is 16.6. The van der Waals surface area contributed by atoms with Gasteiger partial charge in [-0.25, -0.2) is 0 Å². The Morgan fingerprint density at radius 2 is 2.10 bits per heavy atom.